The molecule has 0 saturated carbocycles. The van der Waals surface area contributed by atoms with E-state index in [4.69, 9.17) is 11.5 Å². The van der Waals surface area contributed by atoms with Crippen LogP contribution in [0.5, 0.6) is 0 Å². The number of nitrogen functional groups attached to an aromatic ring is 1. The van der Waals surface area contributed by atoms with E-state index in [0.29, 0.717) is 43.3 Å². The van der Waals surface area contributed by atoms with E-state index in [2.05, 4.69) is 4.98 Å². The average molecular weight is 335 g/mol. The summed E-state index contributed by atoms with van der Waals surface area (Å²) in [6.07, 6.45) is 0.849. The van der Waals surface area contributed by atoms with Crippen LogP contribution in [0.4, 0.5) is 17.3 Å². The lowest BCUT2D eigenvalue weighted by atomic mass is 10.1. The maximum atomic E-state index is 11.6. The molecule has 0 bridgehead atoms. The quantitative estimate of drug-likeness (QED) is 0.556. The van der Waals surface area contributed by atoms with E-state index in [1.54, 1.807) is 21.9 Å². The number of carbonyl (C=O) groups is 2. The molecule has 9 heteroatoms. The molecule has 0 spiro atoms. The van der Waals surface area contributed by atoms with Crippen LogP contribution in [0.15, 0.2) is 12.1 Å². The van der Waals surface area contributed by atoms with Gasteiger partial charge in [0, 0.05) is 13.1 Å². The highest BCUT2D eigenvalue weighted by Gasteiger charge is 2.39. The van der Waals surface area contributed by atoms with E-state index in [0.717, 1.165) is 6.42 Å². The van der Waals surface area contributed by atoms with E-state index in [1.807, 2.05) is 0 Å². The number of primary amides is 1. The molecule has 3 heterocycles. The lowest BCUT2D eigenvalue weighted by Gasteiger charge is -2.28. The van der Waals surface area contributed by atoms with Gasteiger partial charge in [0.25, 0.3) is 0 Å². The molecule has 2 aliphatic heterocycles. The van der Waals surface area contributed by atoms with Crippen molar-refractivity contribution >= 4 is 29.2 Å². The van der Waals surface area contributed by atoms with Crippen molar-refractivity contribution in [2.75, 3.05) is 28.6 Å². The van der Waals surface area contributed by atoms with Crippen LogP contribution in [-0.4, -0.2) is 58.4 Å². The van der Waals surface area contributed by atoms with Gasteiger partial charge in [-0.2, -0.15) is 0 Å². The largest absolute Gasteiger partial charge is 0.480 e. The van der Waals surface area contributed by atoms with Gasteiger partial charge in [-0.25, -0.2) is 9.78 Å². The molecule has 3 unspecified atom stereocenters. The number of carboxylic acid groups (broad SMARTS) is 1. The van der Waals surface area contributed by atoms with Crippen molar-refractivity contribution < 1.29 is 19.8 Å². The van der Waals surface area contributed by atoms with Crippen LogP contribution in [0.25, 0.3) is 0 Å². The minimum atomic E-state index is -0.911. The zero-order valence-corrected chi connectivity index (χ0v) is 13.1. The van der Waals surface area contributed by atoms with Gasteiger partial charge in [0.05, 0.1) is 11.8 Å². The Morgan fingerprint density at radius 3 is 2.62 bits per heavy atom. The molecule has 2 saturated heterocycles. The number of anilines is 3. The minimum absolute atomic E-state index is 0.377. The molecule has 3 atom stereocenters. The van der Waals surface area contributed by atoms with Crippen LogP contribution in [-0.2, 0) is 9.59 Å². The second-order valence-electron chi connectivity index (χ2n) is 6.17. The van der Waals surface area contributed by atoms with Crippen LogP contribution >= 0.6 is 0 Å². The normalized spacial score (nSPS) is 26.8. The second kappa shape index (κ2) is 6.16. The van der Waals surface area contributed by atoms with Gasteiger partial charge in [-0.05, 0) is 31.4 Å². The van der Waals surface area contributed by atoms with Gasteiger partial charge in [-0.3, -0.25) is 4.79 Å². The van der Waals surface area contributed by atoms with Crippen molar-refractivity contribution in [2.45, 2.75) is 37.5 Å². The summed E-state index contributed by atoms with van der Waals surface area (Å²) in [5, 5.41) is 19.3. The summed E-state index contributed by atoms with van der Waals surface area (Å²) in [6, 6.07) is 1.78. The first-order valence-corrected chi connectivity index (χ1v) is 7.90. The number of amides is 1. The number of nitrogens with two attached hydrogens (primary N) is 2. The molecule has 2 aliphatic rings. The summed E-state index contributed by atoms with van der Waals surface area (Å²) in [6.45, 7) is 0.993. The van der Waals surface area contributed by atoms with Crippen LogP contribution < -0.4 is 21.3 Å². The third-order valence-corrected chi connectivity index (χ3v) is 4.65. The Balaban J connectivity index is 1.95. The van der Waals surface area contributed by atoms with Crippen LogP contribution in [0.3, 0.4) is 0 Å². The Kier molecular flexibility index (Phi) is 4.18. The summed E-state index contributed by atoms with van der Waals surface area (Å²) < 4.78 is 0. The summed E-state index contributed by atoms with van der Waals surface area (Å²) in [5.41, 5.74) is 11.8. The number of aromatic nitrogens is 1. The van der Waals surface area contributed by atoms with Crippen molar-refractivity contribution in [1.82, 2.24) is 4.98 Å². The number of aliphatic carboxylic acids is 1. The SMILES string of the molecule is NC(=O)C1C(O)CCN1c1ccc(N)c(N2CCCC2C(=O)O)n1. The zero-order chi connectivity index (χ0) is 17.4. The number of nitrogens with zero attached hydrogens (tertiary/aromatic N) is 3. The number of aliphatic hydroxyl groups excluding tert-OH is 1. The van der Waals surface area contributed by atoms with Crippen molar-refractivity contribution in [2.24, 2.45) is 5.73 Å². The molecule has 3 rings (SSSR count). The van der Waals surface area contributed by atoms with E-state index < -0.39 is 30.1 Å². The summed E-state index contributed by atoms with van der Waals surface area (Å²) in [4.78, 5) is 30.8. The molecule has 1 aromatic rings. The molecule has 6 N–H and O–H groups in total. The van der Waals surface area contributed by atoms with Crippen LogP contribution in [0.2, 0.25) is 0 Å². The molecule has 9 nitrogen and oxygen atoms in total. The Morgan fingerprint density at radius 2 is 1.96 bits per heavy atom. The standard InChI is InChI=1S/C15H21N5O4/c16-8-3-4-11(20-7-5-10(21)12(20)13(17)22)18-14(8)19-6-1-2-9(19)15(23)24/h3-4,9-10,12,21H,1-2,5-7,16H2,(H2,17,22)(H,23,24). The number of aliphatic hydroxyl groups is 1. The molecule has 24 heavy (non-hydrogen) atoms. The number of hydrogen-bond acceptors (Lipinski definition) is 7. The number of rotatable bonds is 4. The third-order valence-electron chi connectivity index (χ3n) is 4.65. The summed E-state index contributed by atoms with van der Waals surface area (Å²) >= 11 is 0. The van der Waals surface area contributed by atoms with Crippen molar-refractivity contribution in [3.8, 4) is 0 Å². The number of pyridine rings is 1. The molecule has 130 valence electrons. The van der Waals surface area contributed by atoms with Crippen molar-refractivity contribution in [3.63, 3.8) is 0 Å². The Hall–Kier alpha value is -2.55. The zero-order valence-electron chi connectivity index (χ0n) is 13.1. The van der Waals surface area contributed by atoms with Gasteiger partial charge in [0.15, 0.2) is 5.82 Å². The maximum absolute atomic E-state index is 11.6. The highest BCUT2D eigenvalue weighted by Crippen LogP contribution is 2.33. The maximum Gasteiger partial charge on any atom is 0.326 e. The molecular formula is C15H21N5O4. The molecule has 0 radical (unpaired) electrons. The monoisotopic (exact) mass is 335 g/mol. The van der Waals surface area contributed by atoms with Gasteiger partial charge in [-0.15, -0.1) is 0 Å². The highest BCUT2D eigenvalue weighted by molar-refractivity contribution is 5.85. The first kappa shape index (κ1) is 16.3. The van der Waals surface area contributed by atoms with Gasteiger partial charge < -0.3 is 31.5 Å². The molecule has 2 fully saturated rings. The number of carboxylic acids is 1. The van der Waals surface area contributed by atoms with Crippen molar-refractivity contribution in [3.05, 3.63) is 12.1 Å². The minimum Gasteiger partial charge on any atom is -0.480 e. The fraction of sp³-hybridized carbons (Fsp3) is 0.533. The fourth-order valence-corrected chi connectivity index (χ4v) is 3.49. The lowest BCUT2D eigenvalue weighted by molar-refractivity contribution is -0.138. The number of carbonyl (C=O) groups excluding carboxylic acids is 1. The summed E-state index contributed by atoms with van der Waals surface area (Å²) in [7, 11) is 0. The molecule has 1 aromatic heterocycles. The van der Waals surface area contributed by atoms with Crippen LogP contribution in [0.1, 0.15) is 19.3 Å². The second-order valence-corrected chi connectivity index (χ2v) is 6.17. The molecular weight excluding hydrogens is 314 g/mol. The average Bonchev–Trinajstić information content (AvgIpc) is 3.14. The Morgan fingerprint density at radius 1 is 1.21 bits per heavy atom. The van der Waals surface area contributed by atoms with E-state index in [1.165, 1.54) is 0 Å². The van der Waals surface area contributed by atoms with Crippen molar-refractivity contribution in [1.29, 1.82) is 0 Å². The first-order valence-electron chi connectivity index (χ1n) is 7.90. The van der Waals surface area contributed by atoms with Crippen LogP contribution in [0, 0.1) is 0 Å². The van der Waals surface area contributed by atoms with Gasteiger partial charge in [-0.1, -0.05) is 0 Å². The van der Waals surface area contributed by atoms with E-state index in [-0.39, 0.29) is 0 Å². The Bertz CT molecular complexity index is 667. The third kappa shape index (κ3) is 2.71. The Labute approximate surface area is 138 Å². The molecule has 1 amide bonds. The fourth-order valence-electron chi connectivity index (χ4n) is 3.49. The van der Waals surface area contributed by atoms with E-state index in [9.17, 15) is 19.8 Å². The van der Waals surface area contributed by atoms with Gasteiger partial charge >= 0.3 is 5.97 Å². The highest BCUT2D eigenvalue weighted by atomic mass is 16.4. The van der Waals surface area contributed by atoms with Gasteiger partial charge in [0.2, 0.25) is 5.91 Å². The van der Waals surface area contributed by atoms with E-state index >= 15 is 0 Å². The smallest absolute Gasteiger partial charge is 0.326 e. The van der Waals surface area contributed by atoms with Gasteiger partial charge in [0.1, 0.15) is 17.9 Å². The lowest BCUT2D eigenvalue weighted by Crippen LogP contribution is -2.46. The predicted molar refractivity (Wildman–Crippen MR) is 87.6 cm³/mol. The predicted octanol–water partition coefficient (Wildman–Crippen LogP) is -0.858. The first-order chi connectivity index (χ1) is 11.4. The molecule has 0 aliphatic carbocycles. The topological polar surface area (TPSA) is 146 Å². The number of hydrogen-bond donors (Lipinski definition) is 4. The molecule has 0 aromatic carbocycles. The summed E-state index contributed by atoms with van der Waals surface area (Å²) in [5.74, 6) is -0.687.